The molecule has 4 rings (SSSR count). The van der Waals surface area contributed by atoms with Gasteiger partial charge >= 0.3 is 11.4 Å². The molecule has 8 atom stereocenters. The van der Waals surface area contributed by atoms with Gasteiger partial charge in [0.05, 0.1) is 13.2 Å². The predicted octanol–water partition coefficient (Wildman–Crippen LogP) is -4.91. The van der Waals surface area contributed by atoms with Crippen LogP contribution in [0.5, 0.6) is 0 Å². The number of aliphatic hydroxyl groups is 6. The third kappa shape index (κ3) is 5.48. The number of ether oxygens (including phenoxy) is 2. The Balaban J connectivity index is 0.000000196. The summed E-state index contributed by atoms with van der Waals surface area (Å²) in [4.78, 5) is 30.0. The van der Waals surface area contributed by atoms with E-state index in [0.29, 0.717) is 0 Å². The third-order valence-corrected chi connectivity index (χ3v) is 5.38. The molecule has 0 radical (unpaired) electrons. The second kappa shape index (κ2) is 11.2. The van der Waals surface area contributed by atoms with Gasteiger partial charge in [-0.05, 0) is 12.1 Å². The molecular formula is C18H26N6O11. The lowest BCUT2D eigenvalue weighted by Gasteiger charge is -2.16. The summed E-state index contributed by atoms with van der Waals surface area (Å²) in [7, 11) is 0. The van der Waals surface area contributed by atoms with E-state index in [0.717, 1.165) is 9.13 Å². The summed E-state index contributed by atoms with van der Waals surface area (Å²) >= 11 is 0. The largest absolute Gasteiger partial charge is 0.394 e. The first kappa shape index (κ1) is 26.6. The topological polar surface area (TPSA) is 268 Å². The number of aliphatic hydroxyl groups excluding tert-OH is 6. The zero-order valence-electron chi connectivity index (χ0n) is 18.0. The van der Waals surface area contributed by atoms with Crippen LogP contribution in [0.2, 0.25) is 0 Å². The first-order valence-corrected chi connectivity index (χ1v) is 10.2. The van der Waals surface area contributed by atoms with Crippen molar-refractivity contribution in [2.24, 2.45) is 0 Å². The van der Waals surface area contributed by atoms with E-state index >= 15 is 0 Å². The SMILES string of the molecule is Nc1ccn([C@@H]2O[C@H](CO)C(O)C2O)c(=O)n1.O=c1nc(NO)ccn1[C@@H]1O[C@H](CO)C(O)C1O. The number of nitrogen functional groups attached to an aromatic ring is 1. The number of nitrogens with zero attached hydrogens (tertiary/aromatic N) is 4. The molecule has 17 heteroatoms. The van der Waals surface area contributed by atoms with E-state index in [-0.39, 0.29) is 11.6 Å². The van der Waals surface area contributed by atoms with Crippen molar-refractivity contribution in [3.63, 3.8) is 0 Å². The minimum Gasteiger partial charge on any atom is -0.394 e. The molecule has 0 aromatic carbocycles. The summed E-state index contributed by atoms with van der Waals surface area (Å²) in [6.07, 6.45) is -6.76. The summed E-state index contributed by atoms with van der Waals surface area (Å²) < 4.78 is 12.3. The maximum atomic E-state index is 11.6. The molecule has 35 heavy (non-hydrogen) atoms. The molecule has 0 saturated carbocycles. The van der Waals surface area contributed by atoms with Crippen LogP contribution in [0.4, 0.5) is 11.6 Å². The van der Waals surface area contributed by atoms with E-state index in [1.54, 1.807) is 5.48 Å². The second-order valence-electron chi connectivity index (χ2n) is 7.61. The number of nitrogens with one attached hydrogen (secondary N) is 1. The number of nitrogens with two attached hydrogens (primary N) is 1. The average molecular weight is 502 g/mol. The quantitative estimate of drug-likeness (QED) is 0.173. The highest BCUT2D eigenvalue weighted by molar-refractivity contribution is 5.28. The Morgan fingerprint density at radius 3 is 1.66 bits per heavy atom. The first-order valence-electron chi connectivity index (χ1n) is 10.2. The third-order valence-electron chi connectivity index (χ3n) is 5.38. The van der Waals surface area contributed by atoms with E-state index in [1.165, 1.54) is 24.5 Å². The number of aromatic nitrogens is 4. The Labute approximate surface area is 195 Å². The van der Waals surface area contributed by atoms with Gasteiger partial charge in [0.2, 0.25) is 0 Å². The van der Waals surface area contributed by atoms with E-state index < -0.39 is 73.7 Å². The summed E-state index contributed by atoms with van der Waals surface area (Å²) in [5, 5.41) is 64.9. The first-order chi connectivity index (χ1) is 16.6. The van der Waals surface area contributed by atoms with Crippen LogP contribution in [0.3, 0.4) is 0 Å². The number of hydrogen-bond acceptors (Lipinski definition) is 15. The van der Waals surface area contributed by atoms with Crippen molar-refractivity contribution in [2.75, 3.05) is 24.4 Å². The van der Waals surface area contributed by atoms with Gasteiger partial charge in [-0.25, -0.2) is 9.59 Å². The van der Waals surface area contributed by atoms with Crippen LogP contribution in [0.1, 0.15) is 12.5 Å². The molecule has 4 heterocycles. The number of anilines is 2. The monoisotopic (exact) mass is 502 g/mol. The molecular weight excluding hydrogens is 476 g/mol. The van der Waals surface area contributed by atoms with Gasteiger partial charge in [-0.3, -0.25) is 19.8 Å². The summed E-state index contributed by atoms with van der Waals surface area (Å²) in [6, 6.07) is 2.66. The van der Waals surface area contributed by atoms with Crippen LogP contribution in [-0.4, -0.2) is 105 Å². The minimum absolute atomic E-state index is 0.0528. The average Bonchev–Trinajstić information content (AvgIpc) is 3.29. The molecule has 10 N–H and O–H groups in total. The fourth-order valence-electron chi connectivity index (χ4n) is 3.51. The standard InChI is InChI=1S/C9H13N3O6.C9H13N3O5/c13-3-4-6(14)7(15)8(18-4)12-2-1-5(11-17)10-9(12)16;10-5-1-2-12(9(16)11-5)8-7(15)6(14)4(3-13)17-8/h1-2,4,6-8,13-15,17H,3H2,(H,10,11,16);1-2,4,6-8,13-15H,3H2,(H2,10,11,16)/t2*4-,6?,7?,8-/m11/s1. The molecule has 4 unspecified atom stereocenters. The second-order valence-corrected chi connectivity index (χ2v) is 7.61. The molecule has 0 bridgehead atoms. The maximum absolute atomic E-state index is 11.6. The lowest BCUT2D eigenvalue weighted by Crippen LogP contribution is -2.36. The molecule has 2 aromatic heterocycles. The highest BCUT2D eigenvalue weighted by atomic mass is 16.6. The normalized spacial score (nSPS) is 32.2. The van der Waals surface area contributed by atoms with Crippen molar-refractivity contribution < 1.29 is 45.3 Å². The smallest absolute Gasteiger partial charge is 0.351 e. The van der Waals surface area contributed by atoms with Crippen LogP contribution < -0.4 is 22.6 Å². The Morgan fingerprint density at radius 1 is 0.829 bits per heavy atom. The van der Waals surface area contributed by atoms with Crippen LogP contribution in [-0.2, 0) is 9.47 Å². The van der Waals surface area contributed by atoms with Crippen molar-refractivity contribution in [3.05, 3.63) is 45.5 Å². The Hall–Kier alpha value is -3.00. The molecule has 2 saturated heterocycles. The van der Waals surface area contributed by atoms with E-state index in [9.17, 15) is 30.0 Å². The number of rotatable bonds is 5. The summed E-state index contributed by atoms with van der Waals surface area (Å²) in [5.74, 6) is 0.000914. The molecule has 0 amide bonds. The molecule has 2 aliphatic heterocycles. The molecule has 0 aliphatic carbocycles. The number of hydrogen-bond donors (Lipinski definition) is 9. The van der Waals surface area contributed by atoms with Gasteiger partial charge in [0, 0.05) is 12.4 Å². The van der Waals surface area contributed by atoms with Crippen molar-refractivity contribution >= 4 is 11.6 Å². The fourth-order valence-corrected chi connectivity index (χ4v) is 3.51. The van der Waals surface area contributed by atoms with Crippen molar-refractivity contribution in [2.45, 2.75) is 49.1 Å². The zero-order valence-corrected chi connectivity index (χ0v) is 18.0. The molecule has 194 valence electrons. The van der Waals surface area contributed by atoms with E-state index in [2.05, 4.69) is 9.97 Å². The van der Waals surface area contributed by atoms with Crippen molar-refractivity contribution in [3.8, 4) is 0 Å². The fraction of sp³-hybridized carbons (Fsp3) is 0.556. The van der Waals surface area contributed by atoms with Gasteiger partial charge < -0.3 is 45.8 Å². The van der Waals surface area contributed by atoms with Gasteiger partial charge in [-0.2, -0.15) is 9.97 Å². The van der Waals surface area contributed by atoms with Gasteiger partial charge in [0.15, 0.2) is 18.3 Å². The van der Waals surface area contributed by atoms with Crippen LogP contribution >= 0.6 is 0 Å². The van der Waals surface area contributed by atoms with Crippen molar-refractivity contribution in [1.82, 2.24) is 19.1 Å². The van der Waals surface area contributed by atoms with Crippen LogP contribution in [0.25, 0.3) is 0 Å². The van der Waals surface area contributed by atoms with E-state index in [1.807, 2.05) is 0 Å². The lowest BCUT2D eigenvalue weighted by atomic mass is 10.1. The van der Waals surface area contributed by atoms with E-state index in [4.69, 9.17) is 30.6 Å². The molecule has 2 aromatic rings. The Bertz CT molecular complexity index is 1110. The highest BCUT2D eigenvalue weighted by Gasteiger charge is 2.44. The summed E-state index contributed by atoms with van der Waals surface area (Å²) in [6.45, 7) is -0.931. The molecule has 0 spiro atoms. The maximum Gasteiger partial charge on any atom is 0.351 e. The molecule has 2 fully saturated rings. The zero-order chi connectivity index (χ0) is 25.9. The van der Waals surface area contributed by atoms with Gasteiger partial charge in [-0.1, -0.05) is 0 Å². The molecule has 17 nitrogen and oxygen atoms in total. The lowest BCUT2D eigenvalue weighted by molar-refractivity contribution is -0.0549. The Morgan fingerprint density at radius 2 is 1.29 bits per heavy atom. The summed E-state index contributed by atoms with van der Waals surface area (Å²) in [5.41, 5.74) is 5.56. The van der Waals surface area contributed by atoms with Gasteiger partial charge in [0.1, 0.15) is 42.4 Å². The van der Waals surface area contributed by atoms with Crippen LogP contribution in [0.15, 0.2) is 34.1 Å². The van der Waals surface area contributed by atoms with Gasteiger partial charge in [-0.15, -0.1) is 0 Å². The highest BCUT2D eigenvalue weighted by Crippen LogP contribution is 2.29. The van der Waals surface area contributed by atoms with Gasteiger partial charge in [0.25, 0.3) is 0 Å². The van der Waals surface area contributed by atoms with Crippen LogP contribution in [0, 0.1) is 0 Å². The Kier molecular flexibility index (Phi) is 8.48. The van der Waals surface area contributed by atoms with Crippen molar-refractivity contribution in [1.29, 1.82) is 0 Å². The molecule has 2 aliphatic rings. The minimum atomic E-state index is -1.35. The predicted molar refractivity (Wildman–Crippen MR) is 113 cm³/mol.